The van der Waals surface area contributed by atoms with Crippen LogP contribution in [0.4, 0.5) is 5.82 Å². The van der Waals surface area contributed by atoms with Gasteiger partial charge in [0.05, 0.1) is 13.1 Å². The van der Waals surface area contributed by atoms with Crippen LogP contribution in [0, 0.1) is 12.8 Å². The molecule has 7 nitrogen and oxygen atoms in total. The molecule has 3 aromatic rings. The molecule has 0 spiro atoms. The molecular formula is C27H28BrN3O4. The van der Waals surface area contributed by atoms with E-state index in [4.69, 9.17) is 9.26 Å². The Bertz CT molecular complexity index is 1220. The van der Waals surface area contributed by atoms with Crippen LogP contribution in [0.2, 0.25) is 0 Å². The number of anilines is 1. The second-order valence-electron chi connectivity index (χ2n) is 9.92. The van der Waals surface area contributed by atoms with Crippen LogP contribution in [0.3, 0.4) is 0 Å². The molecule has 4 aliphatic rings. The van der Waals surface area contributed by atoms with E-state index in [9.17, 15) is 9.59 Å². The molecule has 2 aromatic carbocycles. The number of amides is 1. The highest BCUT2D eigenvalue weighted by Gasteiger charge is 2.49. The van der Waals surface area contributed by atoms with E-state index in [0.29, 0.717) is 35.1 Å². The maximum atomic E-state index is 13.6. The average molecular weight is 538 g/mol. The third-order valence-corrected chi connectivity index (χ3v) is 7.75. The van der Waals surface area contributed by atoms with Gasteiger partial charge in [0.2, 0.25) is 0 Å². The SMILES string of the molecule is Cc1cc(NC(=O)C[N+]23CCC(CC2)[C@@H](OC(=O)C2c4ccccc4-c4ccccc42)C3)no1.[Br-]. The summed E-state index contributed by atoms with van der Waals surface area (Å²) in [4.78, 5) is 26.3. The Kier molecular flexibility index (Phi) is 6.27. The summed E-state index contributed by atoms with van der Waals surface area (Å²) in [5.74, 6) is 0.790. The van der Waals surface area contributed by atoms with Crippen LogP contribution in [-0.4, -0.2) is 53.8 Å². The number of aryl methyl sites for hydroxylation is 1. The maximum absolute atomic E-state index is 13.6. The number of rotatable bonds is 5. The second-order valence-corrected chi connectivity index (χ2v) is 9.92. The van der Waals surface area contributed by atoms with E-state index in [0.717, 1.165) is 48.2 Å². The number of carbonyl (C=O) groups is 2. The van der Waals surface area contributed by atoms with Crippen LogP contribution in [0.5, 0.6) is 0 Å². The third kappa shape index (κ3) is 4.29. The van der Waals surface area contributed by atoms with Gasteiger partial charge in [-0.25, -0.2) is 0 Å². The lowest BCUT2D eigenvalue weighted by molar-refractivity contribution is -0.938. The van der Waals surface area contributed by atoms with Crippen molar-refractivity contribution in [2.24, 2.45) is 5.92 Å². The molecule has 1 N–H and O–H groups in total. The van der Waals surface area contributed by atoms with Crippen LogP contribution < -0.4 is 22.3 Å². The minimum Gasteiger partial charge on any atom is -1.00 e. The first-order chi connectivity index (χ1) is 16.5. The van der Waals surface area contributed by atoms with Crippen LogP contribution in [0.15, 0.2) is 59.1 Å². The number of hydrogen-bond donors (Lipinski definition) is 1. The molecule has 1 aliphatic carbocycles. The lowest BCUT2D eigenvalue weighted by Gasteiger charge is -2.51. The normalized spacial score (nSPS) is 24.3. The average Bonchev–Trinajstić information content (AvgIpc) is 3.40. The van der Waals surface area contributed by atoms with Crippen LogP contribution in [0.25, 0.3) is 11.1 Å². The van der Waals surface area contributed by atoms with Gasteiger partial charge in [-0.1, -0.05) is 53.7 Å². The van der Waals surface area contributed by atoms with Crippen LogP contribution in [0.1, 0.15) is 35.6 Å². The maximum Gasteiger partial charge on any atom is 0.318 e. The number of quaternary nitrogens is 1. The van der Waals surface area contributed by atoms with E-state index >= 15 is 0 Å². The standard InChI is InChI=1S/C27H27N3O4.BrH/c1-17-14-24(29-34-17)28-25(31)16-30-12-10-18(11-13-30)23(15-30)33-27(32)26-21-8-4-2-6-19(21)20-7-3-5-9-22(20)26;/h2-9,14,18,23,26H,10-13,15-16H2,1H3;1H/t18?,23-,30?;/m0./s1. The number of hydrogen-bond acceptors (Lipinski definition) is 5. The Morgan fingerprint density at radius 1 is 1.06 bits per heavy atom. The van der Waals surface area contributed by atoms with Crippen LogP contribution >= 0.6 is 0 Å². The molecule has 1 atom stereocenters. The molecule has 3 aliphatic heterocycles. The Hall–Kier alpha value is -2.97. The fraction of sp³-hybridized carbons (Fsp3) is 0.370. The number of aromatic nitrogens is 1. The van der Waals surface area contributed by atoms with E-state index in [1.807, 2.05) is 36.4 Å². The topological polar surface area (TPSA) is 81.4 Å². The lowest BCUT2D eigenvalue weighted by Crippen LogP contribution is -3.00. The van der Waals surface area contributed by atoms with Gasteiger partial charge >= 0.3 is 5.97 Å². The summed E-state index contributed by atoms with van der Waals surface area (Å²) >= 11 is 0. The zero-order valence-corrected chi connectivity index (χ0v) is 21.2. The number of fused-ring (bicyclic) bond motifs is 6. The van der Waals surface area contributed by atoms with E-state index in [1.165, 1.54) is 0 Å². The number of nitrogens with one attached hydrogen (secondary N) is 1. The first-order valence-electron chi connectivity index (χ1n) is 12.0. The minimum atomic E-state index is -0.394. The van der Waals surface area contributed by atoms with Gasteiger partial charge in [-0.05, 0) is 29.2 Å². The summed E-state index contributed by atoms with van der Waals surface area (Å²) in [5, 5.41) is 6.70. The van der Waals surface area contributed by atoms with Crippen molar-refractivity contribution >= 4 is 17.7 Å². The molecule has 7 rings (SSSR count). The Morgan fingerprint density at radius 2 is 1.69 bits per heavy atom. The number of halogens is 1. The molecule has 8 heteroatoms. The van der Waals surface area contributed by atoms with Crippen molar-refractivity contribution in [3.63, 3.8) is 0 Å². The molecule has 0 saturated carbocycles. The second kappa shape index (κ2) is 9.24. The van der Waals surface area contributed by atoms with Crippen molar-refractivity contribution in [2.75, 3.05) is 31.5 Å². The molecule has 3 fully saturated rings. The predicted molar refractivity (Wildman–Crippen MR) is 126 cm³/mol. The number of benzene rings is 2. The highest BCUT2D eigenvalue weighted by molar-refractivity contribution is 5.93. The van der Waals surface area contributed by atoms with Gasteiger partial charge in [-0.2, -0.15) is 0 Å². The highest BCUT2D eigenvalue weighted by Crippen LogP contribution is 2.46. The molecule has 2 bridgehead atoms. The van der Waals surface area contributed by atoms with Crippen molar-refractivity contribution in [2.45, 2.75) is 31.8 Å². The zero-order valence-electron chi connectivity index (χ0n) is 19.6. The highest BCUT2D eigenvalue weighted by atomic mass is 79.9. The van der Waals surface area contributed by atoms with Gasteiger partial charge in [0.15, 0.2) is 18.5 Å². The monoisotopic (exact) mass is 537 g/mol. The fourth-order valence-electron chi connectivity index (χ4n) is 6.12. The van der Waals surface area contributed by atoms with Crippen molar-refractivity contribution in [3.05, 3.63) is 71.5 Å². The summed E-state index contributed by atoms with van der Waals surface area (Å²) in [5.41, 5.74) is 4.25. The first-order valence-corrected chi connectivity index (χ1v) is 12.0. The van der Waals surface area contributed by atoms with E-state index in [1.54, 1.807) is 13.0 Å². The number of carbonyl (C=O) groups excluding carboxylic acids is 2. The minimum absolute atomic E-state index is 0. The van der Waals surface area contributed by atoms with Crippen molar-refractivity contribution in [3.8, 4) is 11.1 Å². The molecular weight excluding hydrogens is 510 g/mol. The molecule has 0 unspecified atom stereocenters. The molecule has 3 saturated heterocycles. The third-order valence-electron chi connectivity index (χ3n) is 7.75. The Balaban J connectivity index is 0.00000253. The summed E-state index contributed by atoms with van der Waals surface area (Å²) in [6, 6.07) is 17.9. The summed E-state index contributed by atoms with van der Waals surface area (Å²) in [6.45, 7) is 4.68. The lowest BCUT2D eigenvalue weighted by atomic mass is 9.83. The smallest absolute Gasteiger partial charge is 0.318 e. The number of nitrogens with zero attached hydrogens (tertiary/aromatic N) is 2. The molecule has 182 valence electrons. The predicted octanol–water partition coefficient (Wildman–Crippen LogP) is 0.890. The molecule has 1 amide bonds. The summed E-state index contributed by atoms with van der Waals surface area (Å²) in [6.07, 6.45) is 1.76. The first kappa shape index (κ1) is 23.8. The fourth-order valence-corrected chi connectivity index (χ4v) is 6.12. The van der Waals surface area contributed by atoms with Gasteiger partial charge in [-0.15, -0.1) is 0 Å². The van der Waals surface area contributed by atoms with Gasteiger partial charge < -0.3 is 36.0 Å². The molecule has 0 radical (unpaired) electrons. The van der Waals surface area contributed by atoms with E-state index in [-0.39, 0.29) is 35.0 Å². The largest absolute Gasteiger partial charge is 1.00 e. The number of piperidine rings is 3. The van der Waals surface area contributed by atoms with Gasteiger partial charge in [-0.3, -0.25) is 9.59 Å². The number of ether oxygens (including phenoxy) is 1. The van der Waals surface area contributed by atoms with E-state index in [2.05, 4.69) is 22.6 Å². The van der Waals surface area contributed by atoms with Gasteiger partial charge in [0.25, 0.3) is 5.91 Å². The van der Waals surface area contributed by atoms with Gasteiger partial charge in [0.1, 0.15) is 18.2 Å². The Morgan fingerprint density at radius 3 is 2.29 bits per heavy atom. The number of esters is 1. The van der Waals surface area contributed by atoms with Crippen molar-refractivity contribution < 1.29 is 40.3 Å². The molecule has 4 heterocycles. The van der Waals surface area contributed by atoms with Crippen LogP contribution in [-0.2, 0) is 14.3 Å². The quantitative estimate of drug-likeness (QED) is 0.386. The zero-order chi connectivity index (χ0) is 23.3. The summed E-state index contributed by atoms with van der Waals surface area (Å²) in [7, 11) is 0. The summed E-state index contributed by atoms with van der Waals surface area (Å²) < 4.78 is 11.9. The molecule has 35 heavy (non-hydrogen) atoms. The van der Waals surface area contributed by atoms with Crippen molar-refractivity contribution in [1.82, 2.24) is 5.16 Å². The Labute approximate surface area is 214 Å². The van der Waals surface area contributed by atoms with E-state index < -0.39 is 5.92 Å². The van der Waals surface area contributed by atoms with Crippen molar-refractivity contribution in [1.29, 1.82) is 0 Å². The van der Waals surface area contributed by atoms with Gasteiger partial charge in [0, 0.05) is 24.8 Å². The molecule has 1 aromatic heterocycles.